The molecule has 2 heterocycles. The summed E-state index contributed by atoms with van der Waals surface area (Å²) < 4.78 is 6.00. The second-order valence-corrected chi connectivity index (χ2v) is 7.13. The fraction of sp³-hybridized carbons (Fsp3) is 1.00. The molecule has 3 unspecified atom stereocenters. The molecule has 2 aliphatic heterocycles. The van der Waals surface area contributed by atoms with Crippen LogP contribution in [0.15, 0.2) is 0 Å². The Morgan fingerprint density at radius 2 is 1.72 bits per heavy atom. The molecular formula is C16H29NO. The highest BCUT2D eigenvalue weighted by Crippen LogP contribution is 2.52. The van der Waals surface area contributed by atoms with Gasteiger partial charge in [-0.3, -0.25) is 0 Å². The molecule has 1 saturated carbocycles. The number of hydrogen-bond donors (Lipinski definition) is 1. The monoisotopic (exact) mass is 251 g/mol. The van der Waals surface area contributed by atoms with Crippen LogP contribution in [-0.4, -0.2) is 25.3 Å². The van der Waals surface area contributed by atoms with Gasteiger partial charge < -0.3 is 10.1 Å². The van der Waals surface area contributed by atoms with E-state index in [4.69, 9.17) is 4.74 Å². The van der Waals surface area contributed by atoms with Crippen molar-refractivity contribution in [1.82, 2.24) is 5.32 Å². The highest BCUT2D eigenvalue weighted by molar-refractivity contribution is 4.99. The van der Waals surface area contributed by atoms with Crippen LogP contribution in [0.2, 0.25) is 0 Å². The smallest absolute Gasteiger partial charge is 0.0556 e. The molecule has 0 aromatic heterocycles. The van der Waals surface area contributed by atoms with Crippen LogP contribution < -0.4 is 5.32 Å². The minimum absolute atomic E-state index is 0.468. The van der Waals surface area contributed by atoms with Gasteiger partial charge in [0.15, 0.2) is 0 Å². The molecule has 1 aliphatic carbocycles. The molecule has 1 N–H and O–H groups in total. The lowest BCUT2D eigenvalue weighted by Crippen LogP contribution is -2.53. The predicted octanol–water partition coefficient (Wildman–Crippen LogP) is 3.36. The van der Waals surface area contributed by atoms with Gasteiger partial charge in [-0.1, -0.05) is 25.7 Å². The molecule has 2 nitrogen and oxygen atoms in total. The van der Waals surface area contributed by atoms with Crippen molar-refractivity contribution in [2.45, 2.75) is 71.0 Å². The molecule has 0 aromatic carbocycles. The first-order chi connectivity index (χ1) is 8.70. The van der Waals surface area contributed by atoms with E-state index in [1.165, 1.54) is 58.0 Å². The summed E-state index contributed by atoms with van der Waals surface area (Å²) in [6, 6.07) is 0. The van der Waals surface area contributed by atoms with Crippen LogP contribution in [-0.2, 0) is 4.74 Å². The zero-order valence-electron chi connectivity index (χ0n) is 12.1. The van der Waals surface area contributed by atoms with E-state index in [-0.39, 0.29) is 0 Å². The lowest BCUT2D eigenvalue weighted by atomic mass is 9.59. The molecule has 2 saturated heterocycles. The van der Waals surface area contributed by atoms with Crippen molar-refractivity contribution in [2.75, 3.05) is 13.1 Å². The van der Waals surface area contributed by atoms with Gasteiger partial charge in [-0.05, 0) is 63.5 Å². The maximum Gasteiger partial charge on any atom is 0.0556 e. The fourth-order valence-electron chi connectivity index (χ4n) is 5.25. The van der Waals surface area contributed by atoms with Crippen molar-refractivity contribution in [1.29, 1.82) is 0 Å². The number of ether oxygens (including phenoxy) is 1. The van der Waals surface area contributed by atoms with Crippen molar-refractivity contribution in [3.63, 3.8) is 0 Å². The summed E-state index contributed by atoms with van der Waals surface area (Å²) in [6.07, 6.45) is 10.8. The van der Waals surface area contributed by atoms with E-state index in [1.54, 1.807) is 0 Å². The SMILES string of the molecule is CC1CC2(CCNCC2C2CCCC2)CC(C)O1. The van der Waals surface area contributed by atoms with Gasteiger partial charge in [0, 0.05) is 0 Å². The summed E-state index contributed by atoms with van der Waals surface area (Å²) >= 11 is 0. The first kappa shape index (κ1) is 12.9. The van der Waals surface area contributed by atoms with Crippen LogP contribution in [0.3, 0.4) is 0 Å². The third-order valence-electron chi connectivity index (χ3n) is 5.77. The molecule has 3 rings (SSSR count). The van der Waals surface area contributed by atoms with Gasteiger partial charge in [0.25, 0.3) is 0 Å². The van der Waals surface area contributed by atoms with E-state index in [9.17, 15) is 0 Å². The largest absolute Gasteiger partial charge is 0.376 e. The van der Waals surface area contributed by atoms with Crippen LogP contribution in [0.25, 0.3) is 0 Å². The Bertz CT molecular complexity index is 275. The summed E-state index contributed by atoms with van der Waals surface area (Å²) in [5.41, 5.74) is 0.595. The van der Waals surface area contributed by atoms with Gasteiger partial charge in [-0.25, -0.2) is 0 Å². The maximum atomic E-state index is 6.00. The Balaban J connectivity index is 1.80. The molecule has 3 aliphatic rings. The van der Waals surface area contributed by atoms with Crippen molar-refractivity contribution in [3.8, 4) is 0 Å². The third-order valence-corrected chi connectivity index (χ3v) is 5.77. The average Bonchev–Trinajstić information content (AvgIpc) is 2.81. The molecule has 1 spiro atoms. The van der Waals surface area contributed by atoms with E-state index >= 15 is 0 Å². The molecular weight excluding hydrogens is 222 g/mol. The topological polar surface area (TPSA) is 21.3 Å². The first-order valence-corrected chi connectivity index (χ1v) is 8.06. The summed E-state index contributed by atoms with van der Waals surface area (Å²) in [5, 5.41) is 3.67. The summed E-state index contributed by atoms with van der Waals surface area (Å²) in [4.78, 5) is 0. The molecule has 2 heteroatoms. The van der Waals surface area contributed by atoms with Crippen molar-refractivity contribution in [3.05, 3.63) is 0 Å². The summed E-state index contributed by atoms with van der Waals surface area (Å²) in [6.45, 7) is 7.06. The Kier molecular flexibility index (Phi) is 3.68. The van der Waals surface area contributed by atoms with Gasteiger partial charge in [-0.2, -0.15) is 0 Å². The average molecular weight is 251 g/mol. The summed E-state index contributed by atoms with van der Waals surface area (Å²) in [5.74, 6) is 1.91. The minimum atomic E-state index is 0.468. The van der Waals surface area contributed by atoms with Gasteiger partial charge in [0.1, 0.15) is 0 Å². The quantitative estimate of drug-likeness (QED) is 0.771. The second kappa shape index (κ2) is 5.13. The van der Waals surface area contributed by atoms with E-state index < -0.39 is 0 Å². The maximum absolute atomic E-state index is 6.00. The predicted molar refractivity (Wildman–Crippen MR) is 74.6 cm³/mol. The van der Waals surface area contributed by atoms with Crippen LogP contribution in [0.1, 0.15) is 58.8 Å². The molecule has 0 aromatic rings. The molecule has 18 heavy (non-hydrogen) atoms. The highest BCUT2D eigenvalue weighted by atomic mass is 16.5. The second-order valence-electron chi connectivity index (χ2n) is 7.13. The van der Waals surface area contributed by atoms with Gasteiger partial charge in [-0.15, -0.1) is 0 Å². The Morgan fingerprint density at radius 3 is 2.39 bits per heavy atom. The fourth-order valence-corrected chi connectivity index (χ4v) is 5.25. The molecule has 104 valence electrons. The van der Waals surface area contributed by atoms with Crippen LogP contribution in [0.5, 0.6) is 0 Å². The standard InChI is InChI=1S/C16H29NO/c1-12-9-16(10-13(2)18-12)7-8-17-11-15(16)14-5-3-4-6-14/h12-15,17H,3-11H2,1-2H3. The molecule has 3 atom stereocenters. The zero-order valence-corrected chi connectivity index (χ0v) is 12.1. The molecule has 0 amide bonds. The third kappa shape index (κ3) is 2.34. The van der Waals surface area contributed by atoms with Crippen LogP contribution in [0.4, 0.5) is 0 Å². The molecule has 3 fully saturated rings. The number of rotatable bonds is 1. The minimum Gasteiger partial charge on any atom is -0.376 e. The number of piperidine rings is 1. The van der Waals surface area contributed by atoms with E-state index in [0.29, 0.717) is 17.6 Å². The van der Waals surface area contributed by atoms with Crippen LogP contribution in [0, 0.1) is 17.3 Å². The van der Waals surface area contributed by atoms with Gasteiger partial charge >= 0.3 is 0 Å². The van der Waals surface area contributed by atoms with Crippen molar-refractivity contribution in [2.24, 2.45) is 17.3 Å². The van der Waals surface area contributed by atoms with Crippen molar-refractivity contribution < 1.29 is 4.74 Å². The Morgan fingerprint density at radius 1 is 1.06 bits per heavy atom. The Hall–Kier alpha value is -0.0800. The molecule has 0 bridgehead atoms. The van der Waals surface area contributed by atoms with Gasteiger partial charge in [0.2, 0.25) is 0 Å². The van der Waals surface area contributed by atoms with E-state index in [2.05, 4.69) is 19.2 Å². The first-order valence-electron chi connectivity index (χ1n) is 8.06. The highest BCUT2D eigenvalue weighted by Gasteiger charge is 2.48. The lowest BCUT2D eigenvalue weighted by molar-refractivity contribution is -0.124. The van der Waals surface area contributed by atoms with Gasteiger partial charge in [0.05, 0.1) is 12.2 Å². The zero-order chi connectivity index (χ0) is 12.6. The van der Waals surface area contributed by atoms with E-state index in [0.717, 1.165) is 11.8 Å². The van der Waals surface area contributed by atoms with Crippen molar-refractivity contribution >= 4 is 0 Å². The number of hydrogen-bond acceptors (Lipinski definition) is 2. The number of nitrogens with one attached hydrogen (secondary N) is 1. The van der Waals surface area contributed by atoms with E-state index in [1.807, 2.05) is 0 Å². The van der Waals surface area contributed by atoms with Crippen LogP contribution >= 0.6 is 0 Å². The Labute approximate surface area is 112 Å². The normalized spacial score (nSPS) is 46.7. The summed E-state index contributed by atoms with van der Waals surface area (Å²) in [7, 11) is 0. The molecule has 0 radical (unpaired) electrons. The lowest BCUT2D eigenvalue weighted by Gasteiger charge is -2.52.